The Labute approximate surface area is 208 Å². The number of aromatic nitrogens is 3. The van der Waals surface area contributed by atoms with Crippen molar-refractivity contribution in [3.8, 4) is 23.1 Å². The Morgan fingerprint density at radius 2 is 1.58 bits per heavy atom. The van der Waals surface area contributed by atoms with Crippen molar-refractivity contribution in [1.29, 1.82) is 0 Å². The second kappa shape index (κ2) is 10.7. The number of carbonyl (C=O) groups is 1. The maximum atomic E-state index is 11.5. The van der Waals surface area contributed by atoms with Gasteiger partial charge in [-0.2, -0.15) is 0 Å². The first-order valence-electron chi connectivity index (χ1n) is 11.6. The molecule has 0 aliphatic carbocycles. The largest absolute Gasteiger partial charge is 0.487 e. The Bertz CT molecular complexity index is 1420. The van der Waals surface area contributed by atoms with Gasteiger partial charge in [0.05, 0.1) is 12.1 Å². The van der Waals surface area contributed by atoms with Gasteiger partial charge in [0, 0.05) is 11.8 Å². The van der Waals surface area contributed by atoms with Gasteiger partial charge in [-0.1, -0.05) is 60.7 Å². The van der Waals surface area contributed by atoms with Gasteiger partial charge in [0.15, 0.2) is 6.29 Å². The van der Waals surface area contributed by atoms with E-state index >= 15 is 0 Å². The van der Waals surface area contributed by atoms with Crippen LogP contribution in [0.2, 0.25) is 0 Å². The van der Waals surface area contributed by atoms with E-state index in [0.717, 1.165) is 34.4 Å². The van der Waals surface area contributed by atoms with E-state index < -0.39 is 0 Å². The van der Waals surface area contributed by atoms with E-state index in [2.05, 4.69) is 10.1 Å². The topological polar surface area (TPSA) is 79.4 Å². The second-order valence-electron chi connectivity index (χ2n) is 8.30. The minimum Gasteiger partial charge on any atom is -0.487 e. The highest BCUT2D eigenvalue weighted by Gasteiger charge is 2.13. The fourth-order valence-corrected chi connectivity index (χ4v) is 3.71. The molecule has 2 aromatic heterocycles. The average molecular weight is 480 g/mol. The second-order valence-corrected chi connectivity index (χ2v) is 8.30. The molecule has 0 aliphatic rings. The van der Waals surface area contributed by atoms with Gasteiger partial charge >= 0.3 is 0 Å². The zero-order valence-electron chi connectivity index (χ0n) is 19.8. The number of aryl methyl sites for hydroxylation is 1. The van der Waals surface area contributed by atoms with Crippen LogP contribution in [-0.4, -0.2) is 21.1 Å². The number of aldehydes is 1. The molecule has 180 valence electrons. The highest BCUT2D eigenvalue weighted by molar-refractivity contribution is 5.77. The van der Waals surface area contributed by atoms with E-state index in [0.29, 0.717) is 36.2 Å². The van der Waals surface area contributed by atoms with Gasteiger partial charge in [-0.25, -0.2) is 4.98 Å². The lowest BCUT2D eigenvalue weighted by Gasteiger charge is -2.07. The van der Waals surface area contributed by atoms with Crippen molar-refractivity contribution in [2.75, 3.05) is 0 Å². The number of hydrogen-bond donors (Lipinski definition) is 0. The molecule has 0 radical (unpaired) electrons. The standard InChI is InChI=1S/C29H25N3O4/c1-21-27(30-28(36-21)24-10-6-3-7-11-24)20-34-26-14-12-23(13-15-26)19-35-29-25(18-33)17-32(31-29)16-22-8-4-2-5-9-22/h2-15,17-18H,16,19-20H2,1H3. The molecule has 0 unspecified atom stereocenters. The van der Waals surface area contributed by atoms with Gasteiger partial charge in [-0.3, -0.25) is 9.48 Å². The van der Waals surface area contributed by atoms with Crippen LogP contribution in [-0.2, 0) is 19.8 Å². The molecule has 7 nitrogen and oxygen atoms in total. The van der Waals surface area contributed by atoms with E-state index in [1.807, 2.05) is 91.9 Å². The molecular formula is C29H25N3O4. The van der Waals surface area contributed by atoms with Crippen LogP contribution < -0.4 is 9.47 Å². The van der Waals surface area contributed by atoms with Crippen molar-refractivity contribution in [3.05, 3.63) is 119 Å². The maximum Gasteiger partial charge on any atom is 0.243 e. The van der Waals surface area contributed by atoms with Gasteiger partial charge in [0.2, 0.25) is 11.8 Å². The highest BCUT2D eigenvalue weighted by atomic mass is 16.5. The molecule has 0 amide bonds. The summed E-state index contributed by atoms with van der Waals surface area (Å²) >= 11 is 0. The molecule has 36 heavy (non-hydrogen) atoms. The molecule has 5 rings (SSSR count). The summed E-state index contributed by atoms with van der Waals surface area (Å²) in [7, 11) is 0. The van der Waals surface area contributed by atoms with E-state index in [9.17, 15) is 4.79 Å². The molecule has 0 saturated carbocycles. The van der Waals surface area contributed by atoms with Gasteiger partial charge in [0.1, 0.15) is 30.4 Å². The first-order valence-corrected chi connectivity index (χ1v) is 11.6. The number of nitrogens with zero attached hydrogens (tertiary/aromatic N) is 3. The Kier molecular flexibility index (Phi) is 6.89. The monoisotopic (exact) mass is 479 g/mol. The zero-order chi connectivity index (χ0) is 24.7. The predicted molar refractivity (Wildman–Crippen MR) is 135 cm³/mol. The quantitative estimate of drug-likeness (QED) is 0.233. The Hall–Kier alpha value is -4.65. The molecule has 0 bridgehead atoms. The smallest absolute Gasteiger partial charge is 0.243 e. The molecule has 2 heterocycles. The molecule has 3 aromatic carbocycles. The van der Waals surface area contributed by atoms with Crippen molar-refractivity contribution in [2.24, 2.45) is 0 Å². The predicted octanol–water partition coefficient (Wildman–Crippen LogP) is 5.87. The summed E-state index contributed by atoms with van der Waals surface area (Å²) < 4.78 is 19.3. The highest BCUT2D eigenvalue weighted by Crippen LogP contribution is 2.23. The van der Waals surface area contributed by atoms with E-state index in [4.69, 9.17) is 13.9 Å². The van der Waals surface area contributed by atoms with Gasteiger partial charge in [-0.15, -0.1) is 5.10 Å². The fourth-order valence-electron chi connectivity index (χ4n) is 3.71. The van der Waals surface area contributed by atoms with Crippen LogP contribution in [0.5, 0.6) is 11.6 Å². The van der Waals surface area contributed by atoms with Gasteiger partial charge < -0.3 is 13.9 Å². The number of rotatable bonds is 10. The Morgan fingerprint density at radius 1 is 0.861 bits per heavy atom. The minimum atomic E-state index is 0.284. The van der Waals surface area contributed by atoms with Gasteiger partial charge in [0.25, 0.3) is 0 Å². The number of benzene rings is 3. The number of carbonyl (C=O) groups excluding carboxylic acids is 1. The van der Waals surface area contributed by atoms with Crippen LogP contribution in [0, 0.1) is 6.92 Å². The van der Waals surface area contributed by atoms with Crippen molar-refractivity contribution in [1.82, 2.24) is 14.8 Å². The third-order valence-electron chi connectivity index (χ3n) is 5.66. The summed E-state index contributed by atoms with van der Waals surface area (Å²) in [6.07, 6.45) is 2.46. The summed E-state index contributed by atoms with van der Waals surface area (Å²) in [5, 5.41) is 4.43. The van der Waals surface area contributed by atoms with Crippen LogP contribution in [0.15, 0.2) is 95.5 Å². The van der Waals surface area contributed by atoms with Crippen LogP contribution in [0.4, 0.5) is 0 Å². The number of ether oxygens (including phenoxy) is 2. The number of hydrogen-bond acceptors (Lipinski definition) is 6. The summed E-state index contributed by atoms with van der Waals surface area (Å²) in [5.74, 6) is 2.34. The first kappa shape index (κ1) is 23.1. The lowest BCUT2D eigenvalue weighted by atomic mass is 10.2. The number of oxazole rings is 1. The molecule has 0 atom stereocenters. The average Bonchev–Trinajstić information content (AvgIpc) is 3.50. The fraction of sp³-hybridized carbons (Fsp3) is 0.138. The van der Waals surface area contributed by atoms with Crippen LogP contribution >= 0.6 is 0 Å². The molecule has 5 aromatic rings. The van der Waals surface area contributed by atoms with Crippen LogP contribution in [0.3, 0.4) is 0 Å². The summed E-state index contributed by atoms with van der Waals surface area (Å²) in [6.45, 7) is 3.04. The maximum absolute atomic E-state index is 11.5. The molecule has 0 spiro atoms. The van der Waals surface area contributed by atoms with Crippen LogP contribution in [0.1, 0.15) is 32.9 Å². The van der Waals surface area contributed by atoms with E-state index in [-0.39, 0.29) is 6.61 Å². The van der Waals surface area contributed by atoms with Crippen molar-refractivity contribution >= 4 is 6.29 Å². The lowest BCUT2D eigenvalue weighted by Crippen LogP contribution is -2.02. The summed E-state index contributed by atoms with van der Waals surface area (Å²) in [4.78, 5) is 16.1. The lowest BCUT2D eigenvalue weighted by molar-refractivity contribution is 0.111. The third-order valence-corrected chi connectivity index (χ3v) is 5.66. The van der Waals surface area contributed by atoms with Crippen molar-refractivity contribution < 1.29 is 18.7 Å². The minimum absolute atomic E-state index is 0.284. The molecule has 0 fully saturated rings. The van der Waals surface area contributed by atoms with E-state index in [1.54, 1.807) is 10.9 Å². The van der Waals surface area contributed by atoms with Crippen molar-refractivity contribution in [2.45, 2.75) is 26.7 Å². The molecule has 0 saturated heterocycles. The summed E-state index contributed by atoms with van der Waals surface area (Å²) in [6, 6.07) is 27.3. The normalized spacial score (nSPS) is 10.8. The van der Waals surface area contributed by atoms with Crippen molar-refractivity contribution in [3.63, 3.8) is 0 Å². The molecular weight excluding hydrogens is 454 g/mol. The SMILES string of the molecule is Cc1oc(-c2ccccc2)nc1COc1ccc(COc2nn(Cc3ccccc3)cc2C=O)cc1. The molecule has 7 heteroatoms. The molecule has 0 N–H and O–H groups in total. The van der Waals surface area contributed by atoms with Crippen LogP contribution in [0.25, 0.3) is 11.5 Å². The molecule has 0 aliphatic heterocycles. The van der Waals surface area contributed by atoms with E-state index in [1.165, 1.54) is 0 Å². The first-order chi connectivity index (χ1) is 17.7. The third kappa shape index (κ3) is 5.52. The zero-order valence-corrected chi connectivity index (χ0v) is 19.8. The Balaban J connectivity index is 1.17. The summed E-state index contributed by atoms with van der Waals surface area (Å²) in [5.41, 5.74) is 4.13. The Morgan fingerprint density at radius 3 is 2.31 bits per heavy atom. The van der Waals surface area contributed by atoms with Gasteiger partial charge in [-0.05, 0) is 42.3 Å².